The van der Waals surface area contributed by atoms with Crippen molar-refractivity contribution in [2.75, 3.05) is 13.2 Å². The van der Waals surface area contributed by atoms with Gasteiger partial charge in [-0.3, -0.25) is 0 Å². The molecule has 1 rings (SSSR count). The second-order valence-electron chi connectivity index (χ2n) is 4.10. The highest BCUT2D eigenvalue weighted by molar-refractivity contribution is 5.75. The van der Waals surface area contributed by atoms with E-state index >= 15 is 0 Å². The van der Waals surface area contributed by atoms with Crippen molar-refractivity contribution in [1.29, 1.82) is 0 Å². The van der Waals surface area contributed by atoms with E-state index in [-0.39, 0.29) is 25.3 Å². The molecule has 1 fully saturated rings. The SMILES string of the molecule is CC(CO)(CO)NC(=O)NC1CCC1. The van der Waals surface area contributed by atoms with Crippen LogP contribution in [0.1, 0.15) is 26.2 Å². The smallest absolute Gasteiger partial charge is 0.315 e. The van der Waals surface area contributed by atoms with Gasteiger partial charge in [-0.25, -0.2) is 4.79 Å². The van der Waals surface area contributed by atoms with Crippen LogP contribution in [0.4, 0.5) is 4.79 Å². The van der Waals surface area contributed by atoms with Gasteiger partial charge < -0.3 is 20.8 Å². The van der Waals surface area contributed by atoms with Crippen LogP contribution >= 0.6 is 0 Å². The van der Waals surface area contributed by atoms with Crippen molar-refractivity contribution in [3.63, 3.8) is 0 Å². The molecule has 0 bridgehead atoms. The standard InChI is InChI=1S/C9H18N2O3/c1-9(5-12,6-13)11-8(14)10-7-3-2-4-7/h7,12-13H,2-6H2,1H3,(H2,10,11,14). The van der Waals surface area contributed by atoms with E-state index in [2.05, 4.69) is 10.6 Å². The molecule has 0 aliphatic heterocycles. The van der Waals surface area contributed by atoms with Crippen LogP contribution in [-0.4, -0.2) is 41.0 Å². The fraction of sp³-hybridized carbons (Fsp3) is 0.889. The molecule has 0 saturated heterocycles. The lowest BCUT2D eigenvalue weighted by atomic mass is 9.93. The highest BCUT2D eigenvalue weighted by Gasteiger charge is 2.26. The number of hydrogen-bond donors (Lipinski definition) is 4. The molecule has 1 aliphatic rings. The quantitative estimate of drug-likeness (QED) is 0.500. The van der Waals surface area contributed by atoms with Gasteiger partial charge >= 0.3 is 6.03 Å². The van der Waals surface area contributed by atoms with E-state index in [9.17, 15) is 4.79 Å². The molecule has 0 atom stereocenters. The van der Waals surface area contributed by atoms with Gasteiger partial charge in [0.1, 0.15) is 0 Å². The van der Waals surface area contributed by atoms with Crippen molar-refractivity contribution in [3.05, 3.63) is 0 Å². The predicted molar refractivity (Wildman–Crippen MR) is 51.9 cm³/mol. The summed E-state index contributed by atoms with van der Waals surface area (Å²) < 4.78 is 0. The van der Waals surface area contributed by atoms with E-state index < -0.39 is 5.54 Å². The van der Waals surface area contributed by atoms with Crippen molar-refractivity contribution in [1.82, 2.24) is 10.6 Å². The van der Waals surface area contributed by atoms with E-state index in [1.807, 2.05) is 0 Å². The zero-order chi connectivity index (χ0) is 10.6. The van der Waals surface area contributed by atoms with Gasteiger partial charge in [0.15, 0.2) is 0 Å². The highest BCUT2D eigenvalue weighted by atomic mass is 16.3. The largest absolute Gasteiger partial charge is 0.394 e. The minimum Gasteiger partial charge on any atom is -0.394 e. The molecule has 5 heteroatoms. The van der Waals surface area contributed by atoms with Gasteiger partial charge in [-0.15, -0.1) is 0 Å². The Balaban J connectivity index is 2.30. The van der Waals surface area contributed by atoms with Crippen molar-refractivity contribution >= 4 is 6.03 Å². The van der Waals surface area contributed by atoms with Gasteiger partial charge in [0, 0.05) is 6.04 Å². The Morgan fingerprint density at radius 2 is 2.00 bits per heavy atom. The third-order valence-corrected chi connectivity index (χ3v) is 2.55. The first-order valence-electron chi connectivity index (χ1n) is 4.90. The van der Waals surface area contributed by atoms with E-state index in [0.29, 0.717) is 0 Å². The van der Waals surface area contributed by atoms with Crippen molar-refractivity contribution in [3.8, 4) is 0 Å². The van der Waals surface area contributed by atoms with Gasteiger partial charge in [-0.1, -0.05) is 0 Å². The molecule has 0 aromatic rings. The molecule has 14 heavy (non-hydrogen) atoms. The molecule has 0 aromatic heterocycles. The number of rotatable bonds is 4. The number of carbonyl (C=O) groups is 1. The first-order valence-corrected chi connectivity index (χ1v) is 4.90. The van der Waals surface area contributed by atoms with Crippen molar-refractivity contribution in [2.45, 2.75) is 37.8 Å². The van der Waals surface area contributed by atoms with Crippen LogP contribution < -0.4 is 10.6 Å². The second-order valence-corrected chi connectivity index (χ2v) is 4.10. The van der Waals surface area contributed by atoms with Crippen LogP contribution in [0, 0.1) is 0 Å². The van der Waals surface area contributed by atoms with Crippen molar-refractivity contribution < 1.29 is 15.0 Å². The summed E-state index contributed by atoms with van der Waals surface area (Å²) in [5, 5.41) is 23.2. The number of aliphatic hydroxyl groups excluding tert-OH is 2. The van der Waals surface area contributed by atoms with Crippen LogP contribution in [0.25, 0.3) is 0 Å². The van der Waals surface area contributed by atoms with E-state index in [1.165, 1.54) is 0 Å². The summed E-state index contributed by atoms with van der Waals surface area (Å²) in [7, 11) is 0. The van der Waals surface area contributed by atoms with E-state index in [4.69, 9.17) is 10.2 Å². The Labute approximate surface area is 83.5 Å². The number of carbonyl (C=O) groups excluding carboxylic acids is 1. The van der Waals surface area contributed by atoms with Gasteiger partial charge in [0.25, 0.3) is 0 Å². The van der Waals surface area contributed by atoms with Crippen LogP contribution in [0.3, 0.4) is 0 Å². The average molecular weight is 202 g/mol. The van der Waals surface area contributed by atoms with E-state index in [0.717, 1.165) is 19.3 Å². The Hall–Kier alpha value is -0.810. The summed E-state index contributed by atoms with van der Waals surface area (Å²) in [6.07, 6.45) is 3.19. The summed E-state index contributed by atoms with van der Waals surface area (Å²) >= 11 is 0. The van der Waals surface area contributed by atoms with Crippen LogP contribution in [0.5, 0.6) is 0 Å². The molecular formula is C9H18N2O3. The second kappa shape index (κ2) is 4.61. The zero-order valence-corrected chi connectivity index (χ0v) is 8.42. The molecule has 5 nitrogen and oxygen atoms in total. The Morgan fingerprint density at radius 3 is 2.36 bits per heavy atom. The van der Waals surface area contributed by atoms with E-state index in [1.54, 1.807) is 6.92 Å². The lowest BCUT2D eigenvalue weighted by molar-refractivity contribution is 0.108. The number of amides is 2. The fourth-order valence-electron chi connectivity index (χ4n) is 1.18. The molecule has 4 N–H and O–H groups in total. The summed E-state index contributed by atoms with van der Waals surface area (Å²) in [5.74, 6) is 0. The molecule has 1 aliphatic carbocycles. The maximum atomic E-state index is 11.3. The number of aliphatic hydroxyl groups is 2. The highest BCUT2D eigenvalue weighted by Crippen LogP contribution is 2.17. The third kappa shape index (κ3) is 2.85. The maximum Gasteiger partial charge on any atom is 0.315 e. The van der Waals surface area contributed by atoms with Crippen LogP contribution in [0.15, 0.2) is 0 Å². The van der Waals surface area contributed by atoms with Crippen LogP contribution in [0.2, 0.25) is 0 Å². The lowest BCUT2D eigenvalue weighted by Gasteiger charge is -2.30. The summed E-state index contributed by atoms with van der Waals surface area (Å²) in [5.41, 5.74) is -0.937. The first kappa shape index (κ1) is 11.3. The first-order chi connectivity index (χ1) is 6.59. The number of urea groups is 1. The zero-order valence-electron chi connectivity index (χ0n) is 8.42. The molecule has 82 valence electrons. The topological polar surface area (TPSA) is 81.6 Å². The summed E-state index contributed by atoms with van der Waals surface area (Å²) in [6.45, 7) is 1.04. The van der Waals surface area contributed by atoms with Gasteiger partial charge in [-0.05, 0) is 26.2 Å². The number of hydrogen-bond acceptors (Lipinski definition) is 3. The number of nitrogens with one attached hydrogen (secondary N) is 2. The summed E-state index contributed by atoms with van der Waals surface area (Å²) in [4.78, 5) is 11.3. The normalized spacial score (nSPS) is 17.4. The molecule has 1 saturated carbocycles. The Bertz CT molecular complexity index is 200. The molecule has 0 heterocycles. The van der Waals surface area contributed by atoms with Gasteiger partial charge in [0.2, 0.25) is 0 Å². The average Bonchev–Trinajstić information content (AvgIpc) is 2.11. The Morgan fingerprint density at radius 1 is 1.43 bits per heavy atom. The van der Waals surface area contributed by atoms with Gasteiger partial charge in [0.05, 0.1) is 18.8 Å². The lowest BCUT2D eigenvalue weighted by Crippen LogP contribution is -2.57. The predicted octanol–water partition coefficient (Wildman–Crippen LogP) is -0.419. The minimum absolute atomic E-state index is 0.261. The minimum atomic E-state index is -0.937. The molecule has 0 spiro atoms. The Kier molecular flexibility index (Phi) is 3.71. The summed E-state index contributed by atoms with van der Waals surface area (Å²) in [6, 6.07) is -0.0584. The molecule has 0 unspecified atom stereocenters. The van der Waals surface area contributed by atoms with Gasteiger partial charge in [-0.2, -0.15) is 0 Å². The molecular weight excluding hydrogens is 184 g/mol. The molecule has 0 radical (unpaired) electrons. The molecule has 0 aromatic carbocycles. The maximum absolute atomic E-state index is 11.3. The monoisotopic (exact) mass is 202 g/mol. The van der Waals surface area contributed by atoms with Crippen molar-refractivity contribution in [2.24, 2.45) is 0 Å². The van der Waals surface area contributed by atoms with Crippen LogP contribution in [-0.2, 0) is 0 Å². The molecule has 2 amide bonds. The fourth-order valence-corrected chi connectivity index (χ4v) is 1.18. The third-order valence-electron chi connectivity index (χ3n) is 2.55.